The Balaban J connectivity index is 1.76. The third-order valence-electron chi connectivity index (χ3n) is 5.65. The van der Waals surface area contributed by atoms with Crippen LogP contribution in [-0.2, 0) is 0 Å². The highest BCUT2D eigenvalue weighted by Gasteiger charge is 2.38. The SMILES string of the molecule is c1ccc([C@H]2c3c(ccc4ccccc34)O[C@@H]3CCCCCN23)cc1. The molecule has 0 saturated carbocycles. The molecule has 0 unspecified atom stereocenters. The van der Waals surface area contributed by atoms with Crippen LogP contribution in [0, 0.1) is 0 Å². The molecule has 3 aromatic carbocycles. The zero-order chi connectivity index (χ0) is 16.6. The molecule has 0 aromatic heterocycles. The second-order valence-corrected chi connectivity index (χ2v) is 7.17. The fraction of sp³-hybridized carbons (Fsp3) is 0.304. The van der Waals surface area contributed by atoms with Gasteiger partial charge in [0.25, 0.3) is 0 Å². The lowest BCUT2D eigenvalue weighted by Gasteiger charge is -2.43. The van der Waals surface area contributed by atoms with Crippen molar-refractivity contribution in [1.29, 1.82) is 0 Å². The van der Waals surface area contributed by atoms with Crippen molar-refractivity contribution in [2.45, 2.75) is 38.0 Å². The second-order valence-electron chi connectivity index (χ2n) is 7.17. The van der Waals surface area contributed by atoms with Crippen molar-refractivity contribution in [3.05, 3.63) is 77.9 Å². The van der Waals surface area contributed by atoms with Crippen molar-refractivity contribution in [1.82, 2.24) is 4.90 Å². The van der Waals surface area contributed by atoms with Crippen LogP contribution in [0.25, 0.3) is 10.8 Å². The minimum absolute atomic E-state index is 0.196. The van der Waals surface area contributed by atoms with Gasteiger partial charge in [0.2, 0.25) is 0 Å². The van der Waals surface area contributed by atoms with Crippen molar-refractivity contribution >= 4 is 10.8 Å². The van der Waals surface area contributed by atoms with Crippen LogP contribution >= 0.6 is 0 Å². The molecule has 0 bridgehead atoms. The van der Waals surface area contributed by atoms with E-state index in [-0.39, 0.29) is 12.3 Å². The summed E-state index contributed by atoms with van der Waals surface area (Å²) in [7, 11) is 0. The maximum absolute atomic E-state index is 6.50. The molecular weight excluding hydrogens is 306 g/mol. The molecule has 126 valence electrons. The van der Waals surface area contributed by atoms with Gasteiger partial charge in [0, 0.05) is 12.1 Å². The molecule has 25 heavy (non-hydrogen) atoms. The first kappa shape index (κ1) is 15.0. The van der Waals surface area contributed by atoms with Gasteiger partial charge in [-0.1, -0.05) is 67.1 Å². The maximum Gasteiger partial charge on any atom is 0.153 e. The number of hydrogen-bond donors (Lipinski definition) is 0. The minimum atomic E-state index is 0.196. The Labute approximate surface area is 149 Å². The first-order valence-electron chi connectivity index (χ1n) is 9.41. The second kappa shape index (κ2) is 6.20. The van der Waals surface area contributed by atoms with E-state index in [0.717, 1.165) is 18.7 Å². The van der Waals surface area contributed by atoms with Crippen LogP contribution in [0.3, 0.4) is 0 Å². The summed E-state index contributed by atoms with van der Waals surface area (Å²) in [6, 6.07) is 24.3. The average molecular weight is 329 g/mol. The van der Waals surface area contributed by atoms with Crippen LogP contribution in [0.4, 0.5) is 0 Å². The Bertz CT molecular complexity index is 889. The quantitative estimate of drug-likeness (QED) is 0.582. The maximum atomic E-state index is 6.50. The Morgan fingerprint density at radius 3 is 2.56 bits per heavy atom. The summed E-state index contributed by atoms with van der Waals surface area (Å²) in [5.74, 6) is 1.07. The van der Waals surface area contributed by atoms with E-state index in [1.54, 1.807) is 0 Å². The molecule has 2 aliphatic rings. The van der Waals surface area contributed by atoms with Crippen LogP contribution in [0.15, 0.2) is 66.7 Å². The molecule has 0 aliphatic carbocycles. The molecular formula is C23H23NO. The van der Waals surface area contributed by atoms with E-state index in [1.165, 1.54) is 41.2 Å². The van der Waals surface area contributed by atoms with Gasteiger partial charge in [-0.15, -0.1) is 0 Å². The number of benzene rings is 3. The summed E-state index contributed by atoms with van der Waals surface area (Å²) < 4.78 is 6.50. The Morgan fingerprint density at radius 2 is 1.64 bits per heavy atom. The largest absolute Gasteiger partial charge is 0.475 e. The van der Waals surface area contributed by atoms with E-state index < -0.39 is 0 Å². The third kappa shape index (κ3) is 2.52. The van der Waals surface area contributed by atoms with Gasteiger partial charge in [-0.2, -0.15) is 0 Å². The fourth-order valence-electron chi connectivity index (χ4n) is 4.49. The number of nitrogens with zero attached hydrogens (tertiary/aromatic N) is 1. The standard InChI is InChI=1S/C23H23NO/c1-3-10-18(11-4-1)23-22-19-12-7-6-9-17(19)14-15-20(22)25-21-13-5-2-8-16-24(21)23/h1,3-4,6-7,9-12,14-15,21,23H,2,5,8,13,16H2/t21-,23+/m1/s1. The van der Waals surface area contributed by atoms with Crippen molar-refractivity contribution < 1.29 is 4.74 Å². The van der Waals surface area contributed by atoms with Gasteiger partial charge < -0.3 is 4.74 Å². The first-order valence-corrected chi connectivity index (χ1v) is 9.41. The van der Waals surface area contributed by atoms with E-state index in [4.69, 9.17) is 4.74 Å². The summed E-state index contributed by atoms with van der Waals surface area (Å²) in [5.41, 5.74) is 2.71. The fourth-order valence-corrected chi connectivity index (χ4v) is 4.49. The van der Waals surface area contributed by atoms with Crippen LogP contribution in [-0.4, -0.2) is 17.7 Å². The zero-order valence-corrected chi connectivity index (χ0v) is 14.4. The van der Waals surface area contributed by atoms with Gasteiger partial charge in [0.15, 0.2) is 6.23 Å². The van der Waals surface area contributed by atoms with Gasteiger partial charge in [-0.3, -0.25) is 4.90 Å². The highest BCUT2D eigenvalue weighted by Crippen LogP contribution is 2.45. The normalized spacial score (nSPS) is 23.4. The summed E-state index contributed by atoms with van der Waals surface area (Å²) in [5, 5.41) is 2.61. The van der Waals surface area contributed by atoms with Gasteiger partial charge in [0.05, 0.1) is 6.04 Å². The Morgan fingerprint density at radius 1 is 0.800 bits per heavy atom. The van der Waals surface area contributed by atoms with E-state index in [2.05, 4.69) is 71.6 Å². The third-order valence-corrected chi connectivity index (χ3v) is 5.65. The smallest absolute Gasteiger partial charge is 0.153 e. The molecule has 0 amide bonds. The van der Waals surface area contributed by atoms with Crippen molar-refractivity contribution in [3.8, 4) is 5.75 Å². The highest BCUT2D eigenvalue weighted by atomic mass is 16.5. The molecule has 1 fully saturated rings. The number of fused-ring (bicyclic) bond motifs is 4. The molecule has 3 aromatic rings. The summed E-state index contributed by atoms with van der Waals surface area (Å²) in [6.07, 6.45) is 5.13. The van der Waals surface area contributed by atoms with Crippen LogP contribution in [0.2, 0.25) is 0 Å². The Hall–Kier alpha value is -2.32. The summed E-state index contributed by atoms with van der Waals surface area (Å²) >= 11 is 0. The molecule has 2 heterocycles. The molecule has 0 N–H and O–H groups in total. The van der Waals surface area contributed by atoms with E-state index in [1.807, 2.05) is 0 Å². The molecule has 0 radical (unpaired) electrons. The minimum Gasteiger partial charge on any atom is -0.475 e. The summed E-state index contributed by atoms with van der Waals surface area (Å²) in [6.45, 7) is 1.10. The van der Waals surface area contributed by atoms with E-state index in [0.29, 0.717) is 0 Å². The predicted molar refractivity (Wildman–Crippen MR) is 102 cm³/mol. The van der Waals surface area contributed by atoms with Gasteiger partial charge in [-0.25, -0.2) is 0 Å². The van der Waals surface area contributed by atoms with Crippen molar-refractivity contribution in [2.24, 2.45) is 0 Å². The van der Waals surface area contributed by atoms with Gasteiger partial charge >= 0.3 is 0 Å². The molecule has 0 spiro atoms. The van der Waals surface area contributed by atoms with E-state index >= 15 is 0 Å². The molecule has 2 atom stereocenters. The lowest BCUT2D eigenvalue weighted by atomic mass is 9.90. The van der Waals surface area contributed by atoms with Gasteiger partial charge in [-0.05, 0) is 41.7 Å². The first-order chi connectivity index (χ1) is 12.4. The molecule has 2 nitrogen and oxygen atoms in total. The number of rotatable bonds is 1. The zero-order valence-electron chi connectivity index (χ0n) is 14.4. The van der Waals surface area contributed by atoms with Gasteiger partial charge in [0.1, 0.15) is 5.75 Å². The van der Waals surface area contributed by atoms with E-state index in [9.17, 15) is 0 Å². The van der Waals surface area contributed by atoms with Crippen LogP contribution < -0.4 is 4.74 Å². The van der Waals surface area contributed by atoms with Crippen LogP contribution in [0.1, 0.15) is 42.9 Å². The molecule has 1 saturated heterocycles. The molecule has 2 aliphatic heterocycles. The lowest BCUT2D eigenvalue weighted by Crippen LogP contribution is -2.45. The molecule has 2 heteroatoms. The highest BCUT2D eigenvalue weighted by molar-refractivity contribution is 5.89. The molecule has 5 rings (SSSR count). The number of ether oxygens (including phenoxy) is 1. The monoisotopic (exact) mass is 329 g/mol. The number of hydrogen-bond acceptors (Lipinski definition) is 2. The van der Waals surface area contributed by atoms with Crippen molar-refractivity contribution in [3.63, 3.8) is 0 Å². The van der Waals surface area contributed by atoms with Crippen LogP contribution in [0.5, 0.6) is 5.75 Å². The predicted octanol–water partition coefficient (Wildman–Crippen LogP) is 5.52. The van der Waals surface area contributed by atoms with Crippen molar-refractivity contribution in [2.75, 3.05) is 6.54 Å². The topological polar surface area (TPSA) is 12.5 Å². The Kier molecular flexibility index (Phi) is 3.71. The summed E-state index contributed by atoms with van der Waals surface area (Å²) in [4.78, 5) is 2.59. The average Bonchev–Trinajstić information content (AvgIpc) is 2.92. The lowest BCUT2D eigenvalue weighted by molar-refractivity contribution is -0.0148.